The topological polar surface area (TPSA) is 26.0 Å². The van der Waals surface area contributed by atoms with Crippen molar-refractivity contribution < 1.29 is 0 Å². The zero-order valence-electron chi connectivity index (χ0n) is 6.76. The molecule has 0 bridgehead atoms. The molecule has 12 heavy (non-hydrogen) atoms. The highest BCUT2D eigenvalue weighted by Gasteiger charge is 1.98. The maximum absolute atomic E-state index is 5.77. The third kappa shape index (κ3) is 2.61. The number of hydrogen-bond acceptors (Lipinski definition) is 2. The summed E-state index contributed by atoms with van der Waals surface area (Å²) in [4.78, 5) is 0.905. The van der Waals surface area contributed by atoms with Crippen LogP contribution in [-0.4, -0.2) is 5.88 Å². The van der Waals surface area contributed by atoms with Gasteiger partial charge in [-0.2, -0.15) is 0 Å². The van der Waals surface area contributed by atoms with Gasteiger partial charge in [-0.1, -0.05) is 6.07 Å². The van der Waals surface area contributed by atoms with E-state index < -0.39 is 0 Å². The molecular formula is C9H12ClNS. The maximum atomic E-state index is 5.77. The predicted molar refractivity (Wildman–Crippen MR) is 57.1 cm³/mol. The van der Waals surface area contributed by atoms with E-state index in [9.17, 15) is 0 Å². The molecular weight excluding hydrogens is 190 g/mol. The van der Waals surface area contributed by atoms with Gasteiger partial charge < -0.3 is 5.73 Å². The van der Waals surface area contributed by atoms with Crippen molar-refractivity contribution >= 4 is 29.9 Å². The van der Waals surface area contributed by atoms with Crippen LogP contribution in [0.1, 0.15) is 12.0 Å². The fourth-order valence-electron chi connectivity index (χ4n) is 1.07. The molecule has 0 saturated heterocycles. The van der Waals surface area contributed by atoms with Crippen LogP contribution in [0.2, 0.25) is 0 Å². The summed E-state index contributed by atoms with van der Waals surface area (Å²) in [5.41, 5.74) is 7.74. The SMILES string of the molecule is Nc1cc(S)ccc1CCCCl. The Morgan fingerprint density at radius 2 is 2.17 bits per heavy atom. The Bertz CT molecular complexity index is 263. The smallest absolute Gasteiger partial charge is 0.0357 e. The lowest BCUT2D eigenvalue weighted by atomic mass is 10.1. The number of rotatable bonds is 3. The Morgan fingerprint density at radius 1 is 1.42 bits per heavy atom. The molecule has 66 valence electrons. The second-order valence-corrected chi connectivity index (χ2v) is 3.57. The first kappa shape index (κ1) is 9.75. The van der Waals surface area contributed by atoms with Gasteiger partial charge in [0.15, 0.2) is 0 Å². The summed E-state index contributed by atoms with van der Waals surface area (Å²) < 4.78 is 0. The maximum Gasteiger partial charge on any atom is 0.0357 e. The first-order chi connectivity index (χ1) is 5.74. The van der Waals surface area contributed by atoms with Crippen molar-refractivity contribution in [3.8, 4) is 0 Å². The van der Waals surface area contributed by atoms with E-state index in [0.717, 1.165) is 29.0 Å². The second kappa shape index (κ2) is 4.63. The molecule has 0 amide bonds. The fourth-order valence-corrected chi connectivity index (χ4v) is 1.41. The van der Waals surface area contributed by atoms with Crippen LogP contribution in [0.15, 0.2) is 23.1 Å². The number of hydrogen-bond donors (Lipinski definition) is 2. The number of nitrogens with two attached hydrogens (primary N) is 1. The molecule has 0 unspecified atom stereocenters. The van der Waals surface area contributed by atoms with Gasteiger partial charge in [-0.15, -0.1) is 24.2 Å². The highest BCUT2D eigenvalue weighted by atomic mass is 35.5. The van der Waals surface area contributed by atoms with Gasteiger partial charge in [0.2, 0.25) is 0 Å². The molecule has 0 aliphatic heterocycles. The van der Waals surface area contributed by atoms with E-state index in [4.69, 9.17) is 17.3 Å². The molecule has 0 aromatic heterocycles. The van der Waals surface area contributed by atoms with Crippen molar-refractivity contribution in [1.29, 1.82) is 0 Å². The Kier molecular flexibility index (Phi) is 3.76. The monoisotopic (exact) mass is 201 g/mol. The number of nitrogen functional groups attached to an aromatic ring is 1. The normalized spacial score (nSPS) is 10.2. The summed E-state index contributed by atoms with van der Waals surface area (Å²) in [7, 11) is 0. The van der Waals surface area contributed by atoms with Crippen LogP contribution in [0.5, 0.6) is 0 Å². The van der Waals surface area contributed by atoms with Gasteiger partial charge in [0.1, 0.15) is 0 Å². The van der Waals surface area contributed by atoms with Gasteiger partial charge in [0.25, 0.3) is 0 Å². The molecule has 2 N–H and O–H groups in total. The summed E-state index contributed by atoms with van der Waals surface area (Å²) >= 11 is 9.77. The number of alkyl halides is 1. The second-order valence-electron chi connectivity index (χ2n) is 2.68. The number of anilines is 1. The zero-order chi connectivity index (χ0) is 8.97. The minimum atomic E-state index is 0.683. The van der Waals surface area contributed by atoms with Gasteiger partial charge >= 0.3 is 0 Å². The first-order valence-electron chi connectivity index (χ1n) is 3.87. The van der Waals surface area contributed by atoms with Gasteiger partial charge in [-0.3, -0.25) is 0 Å². The molecule has 3 heteroatoms. The molecule has 0 saturated carbocycles. The average molecular weight is 202 g/mol. The van der Waals surface area contributed by atoms with Crippen molar-refractivity contribution in [3.63, 3.8) is 0 Å². The minimum Gasteiger partial charge on any atom is -0.398 e. The standard InChI is InChI=1S/C9H12ClNS/c10-5-1-2-7-3-4-8(12)6-9(7)11/h3-4,6,12H,1-2,5,11H2. The summed E-state index contributed by atoms with van der Waals surface area (Å²) in [6.07, 6.45) is 1.92. The van der Waals surface area contributed by atoms with Crippen molar-refractivity contribution in [2.45, 2.75) is 17.7 Å². The number of halogens is 1. The van der Waals surface area contributed by atoms with E-state index >= 15 is 0 Å². The van der Waals surface area contributed by atoms with Gasteiger partial charge in [0, 0.05) is 16.5 Å². The molecule has 1 aromatic rings. The van der Waals surface area contributed by atoms with Gasteiger partial charge in [0.05, 0.1) is 0 Å². The lowest BCUT2D eigenvalue weighted by molar-refractivity contribution is 0.930. The van der Waals surface area contributed by atoms with E-state index in [1.165, 1.54) is 0 Å². The molecule has 0 spiro atoms. The van der Waals surface area contributed by atoms with Crippen molar-refractivity contribution in [2.24, 2.45) is 0 Å². The Balaban J connectivity index is 2.72. The van der Waals surface area contributed by atoms with E-state index in [-0.39, 0.29) is 0 Å². The van der Waals surface area contributed by atoms with Crippen LogP contribution in [-0.2, 0) is 6.42 Å². The molecule has 0 aliphatic carbocycles. The van der Waals surface area contributed by atoms with Crippen LogP contribution >= 0.6 is 24.2 Å². The highest BCUT2D eigenvalue weighted by Crippen LogP contribution is 2.18. The molecule has 1 nitrogen and oxygen atoms in total. The van der Waals surface area contributed by atoms with E-state index in [2.05, 4.69) is 12.6 Å². The molecule has 0 heterocycles. The van der Waals surface area contributed by atoms with Gasteiger partial charge in [-0.25, -0.2) is 0 Å². The van der Waals surface area contributed by atoms with Crippen LogP contribution in [0.4, 0.5) is 5.69 Å². The number of benzene rings is 1. The number of thiol groups is 1. The lowest BCUT2D eigenvalue weighted by Crippen LogP contribution is -1.94. The first-order valence-corrected chi connectivity index (χ1v) is 4.85. The third-order valence-corrected chi connectivity index (χ3v) is 2.25. The molecule has 0 atom stereocenters. The zero-order valence-corrected chi connectivity index (χ0v) is 8.41. The fraction of sp³-hybridized carbons (Fsp3) is 0.333. The van der Waals surface area contributed by atoms with Crippen molar-refractivity contribution in [2.75, 3.05) is 11.6 Å². The van der Waals surface area contributed by atoms with Crippen LogP contribution < -0.4 is 5.73 Å². The van der Waals surface area contributed by atoms with E-state index in [1.54, 1.807) is 0 Å². The Morgan fingerprint density at radius 3 is 2.75 bits per heavy atom. The number of aryl methyl sites for hydroxylation is 1. The van der Waals surface area contributed by atoms with Crippen molar-refractivity contribution in [3.05, 3.63) is 23.8 Å². The Hall–Kier alpha value is -0.340. The quantitative estimate of drug-likeness (QED) is 0.439. The van der Waals surface area contributed by atoms with Crippen molar-refractivity contribution in [1.82, 2.24) is 0 Å². The van der Waals surface area contributed by atoms with Crippen LogP contribution in [0, 0.1) is 0 Å². The molecule has 0 aliphatic rings. The van der Waals surface area contributed by atoms with E-state index in [1.807, 2.05) is 18.2 Å². The van der Waals surface area contributed by atoms with Crippen LogP contribution in [0.25, 0.3) is 0 Å². The largest absolute Gasteiger partial charge is 0.398 e. The van der Waals surface area contributed by atoms with Gasteiger partial charge in [-0.05, 0) is 30.5 Å². The summed E-state index contributed by atoms with van der Waals surface area (Å²) in [6, 6.07) is 5.82. The predicted octanol–water partition coefficient (Wildman–Crippen LogP) is 2.73. The summed E-state index contributed by atoms with van der Waals surface area (Å²) in [5.74, 6) is 0.683. The molecule has 1 aromatic carbocycles. The Labute approximate surface area is 83.3 Å². The highest BCUT2D eigenvalue weighted by molar-refractivity contribution is 7.80. The lowest BCUT2D eigenvalue weighted by Gasteiger charge is -2.04. The summed E-state index contributed by atoms with van der Waals surface area (Å²) in [5, 5.41) is 0. The average Bonchev–Trinajstić information content (AvgIpc) is 2.03. The minimum absolute atomic E-state index is 0.683. The van der Waals surface area contributed by atoms with E-state index in [0.29, 0.717) is 5.88 Å². The summed E-state index contributed by atoms with van der Waals surface area (Å²) in [6.45, 7) is 0. The third-order valence-electron chi connectivity index (χ3n) is 1.71. The molecule has 0 fully saturated rings. The molecule has 0 radical (unpaired) electrons. The van der Waals surface area contributed by atoms with Crippen LogP contribution in [0.3, 0.4) is 0 Å². The molecule has 1 rings (SSSR count).